The van der Waals surface area contributed by atoms with Gasteiger partial charge in [-0.05, 0) is 42.5 Å². The fourth-order valence-corrected chi connectivity index (χ4v) is 3.21. The molecule has 0 saturated heterocycles. The first-order chi connectivity index (χ1) is 13.5. The number of nitrogens with zero attached hydrogens (tertiary/aromatic N) is 2. The summed E-state index contributed by atoms with van der Waals surface area (Å²) < 4.78 is 20.3. The quantitative estimate of drug-likeness (QED) is 0.616. The summed E-state index contributed by atoms with van der Waals surface area (Å²) in [4.78, 5) is 28.7. The normalized spacial score (nSPS) is 10.5. The van der Waals surface area contributed by atoms with E-state index in [4.69, 9.17) is 16.3 Å². The molecule has 3 rings (SSSR count). The van der Waals surface area contributed by atoms with E-state index in [1.165, 1.54) is 29.1 Å². The van der Waals surface area contributed by atoms with Crippen LogP contribution in [0.3, 0.4) is 0 Å². The van der Waals surface area contributed by atoms with Crippen molar-refractivity contribution in [3.8, 4) is 11.4 Å². The summed E-state index contributed by atoms with van der Waals surface area (Å²) in [6.07, 6.45) is 3.02. The van der Waals surface area contributed by atoms with Crippen LogP contribution in [0.15, 0.2) is 64.7 Å². The van der Waals surface area contributed by atoms with Gasteiger partial charge in [-0.15, -0.1) is 0 Å². The Balaban J connectivity index is 1.70. The molecule has 1 heterocycles. The van der Waals surface area contributed by atoms with E-state index in [1.807, 2.05) is 0 Å². The lowest BCUT2D eigenvalue weighted by Gasteiger charge is -2.09. The zero-order chi connectivity index (χ0) is 20.1. The number of halogens is 2. The van der Waals surface area contributed by atoms with Crippen LogP contribution in [0, 0.1) is 5.82 Å². The van der Waals surface area contributed by atoms with Crippen molar-refractivity contribution in [2.75, 3.05) is 18.2 Å². The van der Waals surface area contributed by atoms with E-state index in [1.54, 1.807) is 31.4 Å². The van der Waals surface area contributed by atoms with Crippen LogP contribution >= 0.6 is 23.4 Å². The van der Waals surface area contributed by atoms with E-state index in [2.05, 4.69) is 10.3 Å². The Bertz CT molecular complexity index is 1060. The van der Waals surface area contributed by atoms with Crippen LogP contribution in [0.5, 0.6) is 5.75 Å². The topological polar surface area (TPSA) is 73.2 Å². The van der Waals surface area contributed by atoms with E-state index >= 15 is 0 Å². The molecule has 0 atom stereocenters. The highest BCUT2D eigenvalue weighted by atomic mass is 35.5. The van der Waals surface area contributed by atoms with Crippen molar-refractivity contribution in [2.45, 2.75) is 5.03 Å². The Morgan fingerprint density at radius 1 is 1.29 bits per heavy atom. The molecule has 28 heavy (non-hydrogen) atoms. The lowest BCUT2D eigenvalue weighted by Crippen LogP contribution is -2.22. The third kappa shape index (κ3) is 4.71. The largest absolute Gasteiger partial charge is 0.497 e. The lowest BCUT2D eigenvalue weighted by molar-refractivity contribution is -0.113. The van der Waals surface area contributed by atoms with Gasteiger partial charge >= 0.3 is 0 Å². The first-order valence-electron chi connectivity index (χ1n) is 8.07. The minimum atomic E-state index is -0.634. The maximum absolute atomic E-state index is 13.8. The monoisotopic (exact) mass is 419 g/mol. The number of hydrogen-bond acceptors (Lipinski definition) is 5. The van der Waals surface area contributed by atoms with Crippen molar-refractivity contribution < 1.29 is 13.9 Å². The van der Waals surface area contributed by atoms with Crippen LogP contribution < -0.4 is 15.6 Å². The number of carbonyl (C=O) groups is 1. The summed E-state index contributed by atoms with van der Waals surface area (Å²) in [7, 11) is 1.56. The SMILES string of the molecule is COc1ccc(-n2ccnc(SCC(=O)Nc3ccc(Cl)cc3F)c2=O)cc1. The highest BCUT2D eigenvalue weighted by Gasteiger charge is 2.12. The molecule has 144 valence electrons. The molecule has 3 aromatic rings. The van der Waals surface area contributed by atoms with E-state index < -0.39 is 11.7 Å². The minimum Gasteiger partial charge on any atom is -0.497 e. The lowest BCUT2D eigenvalue weighted by atomic mass is 10.3. The molecule has 0 unspecified atom stereocenters. The zero-order valence-electron chi connectivity index (χ0n) is 14.7. The van der Waals surface area contributed by atoms with Gasteiger partial charge in [0.2, 0.25) is 5.91 Å². The predicted molar refractivity (Wildman–Crippen MR) is 107 cm³/mol. The van der Waals surface area contributed by atoms with Crippen molar-refractivity contribution >= 4 is 35.0 Å². The van der Waals surface area contributed by atoms with Crippen LogP contribution in [-0.4, -0.2) is 28.3 Å². The van der Waals surface area contributed by atoms with Crippen molar-refractivity contribution in [3.05, 3.63) is 76.1 Å². The fourth-order valence-electron chi connectivity index (χ4n) is 2.35. The van der Waals surface area contributed by atoms with E-state index in [9.17, 15) is 14.0 Å². The third-order valence-electron chi connectivity index (χ3n) is 3.71. The van der Waals surface area contributed by atoms with Gasteiger partial charge in [-0.25, -0.2) is 9.37 Å². The fraction of sp³-hybridized carbons (Fsp3) is 0.105. The van der Waals surface area contributed by atoms with E-state index in [0.29, 0.717) is 11.4 Å². The van der Waals surface area contributed by atoms with Crippen LogP contribution in [0.1, 0.15) is 0 Å². The minimum absolute atomic E-state index is 0.0201. The number of ether oxygens (including phenoxy) is 1. The molecule has 1 N–H and O–H groups in total. The van der Waals surface area contributed by atoms with Gasteiger partial charge in [0.25, 0.3) is 5.56 Å². The van der Waals surface area contributed by atoms with Gasteiger partial charge in [0.1, 0.15) is 11.6 Å². The van der Waals surface area contributed by atoms with Gasteiger partial charge in [-0.3, -0.25) is 14.2 Å². The van der Waals surface area contributed by atoms with Gasteiger partial charge in [-0.2, -0.15) is 0 Å². The number of thioether (sulfide) groups is 1. The molecule has 0 aliphatic heterocycles. The Morgan fingerprint density at radius 2 is 2.04 bits per heavy atom. The number of aromatic nitrogens is 2. The van der Waals surface area contributed by atoms with E-state index in [-0.39, 0.29) is 27.0 Å². The molecular weight excluding hydrogens is 405 g/mol. The molecule has 0 saturated carbocycles. The van der Waals surface area contributed by atoms with Crippen molar-refractivity contribution in [3.63, 3.8) is 0 Å². The highest BCUT2D eigenvalue weighted by Crippen LogP contribution is 2.20. The van der Waals surface area contributed by atoms with Gasteiger partial charge in [0, 0.05) is 23.1 Å². The average Bonchev–Trinajstić information content (AvgIpc) is 2.69. The first kappa shape index (κ1) is 19.9. The maximum atomic E-state index is 13.8. The highest BCUT2D eigenvalue weighted by molar-refractivity contribution is 7.99. The summed E-state index contributed by atoms with van der Waals surface area (Å²) in [5.41, 5.74) is 0.303. The Kier molecular flexibility index (Phi) is 6.33. The van der Waals surface area contributed by atoms with Crippen molar-refractivity contribution in [2.24, 2.45) is 0 Å². The van der Waals surface area contributed by atoms with Crippen LogP contribution in [0.2, 0.25) is 5.02 Å². The standard InChI is InChI=1S/C19H15ClFN3O3S/c1-27-14-5-3-13(4-6-14)24-9-8-22-18(19(24)26)28-11-17(25)23-16-7-2-12(20)10-15(16)21/h2-10H,11H2,1H3,(H,23,25). The summed E-state index contributed by atoms with van der Waals surface area (Å²) in [6, 6.07) is 10.9. The summed E-state index contributed by atoms with van der Waals surface area (Å²) >= 11 is 6.66. The zero-order valence-corrected chi connectivity index (χ0v) is 16.3. The number of carbonyl (C=O) groups excluding carboxylic acids is 1. The summed E-state index contributed by atoms with van der Waals surface area (Å²) in [5.74, 6) is -0.527. The number of methoxy groups -OCH3 is 1. The molecule has 9 heteroatoms. The third-order valence-corrected chi connectivity index (χ3v) is 4.90. The molecule has 0 bridgehead atoms. The van der Waals surface area contributed by atoms with Crippen molar-refractivity contribution in [1.29, 1.82) is 0 Å². The molecule has 6 nitrogen and oxygen atoms in total. The van der Waals surface area contributed by atoms with Gasteiger partial charge in [0.15, 0.2) is 5.03 Å². The molecule has 0 spiro atoms. The Labute approximate surface area is 169 Å². The summed E-state index contributed by atoms with van der Waals surface area (Å²) in [5, 5.41) is 2.83. The summed E-state index contributed by atoms with van der Waals surface area (Å²) in [6.45, 7) is 0. The number of benzene rings is 2. The molecular formula is C19H15ClFN3O3S. The first-order valence-corrected chi connectivity index (χ1v) is 9.44. The number of hydrogen-bond donors (Lipinski definition) is 1. The van der Waals surface area contributed by atoms with Gasteiger partial charge in [-0.1, -0.05) is 23.4 Å². The molecule has 1 aromatic heterocycles. The van der Waals surface area contributed by atoms with Gasteiger partial charge < -0.3 is 10.1 Å². The second kappa shape index (κ2) is 8.90. The second-order valence-electron chi connectivity index (χ2n) is 5.57. The van der Waals surface area contributed by atoms with Crippen LogP contribution in [0.25, 0.3) is 5.69 Å². The van der Waals surface area contributed by atoms with Crippen molar-refractivity contribution in [1.82, 2.24) is 9.55 Å². The average molecular weight is 420 g/mol. The van der Waals surface area contributed by atoms with Crippen LogP contribution in [-0.2, 0) is 4.79 Å². The molecule has 0 aliphatic carbocycles. The van der Waals surface area contributed by atoms with Crippen LogP contribution in [0.4, 0.5) is 10.1 Å². The molecule has 1 amide bonds. The van der Waals surface area contributed by atoms with E-state index in [0.717, 1.165) is 17.8 Å². The molecule has 0 radical (unpaired) electrons. The Morgan fingerprint density at radius 3 is 2.71 bits per heavy atom. The molecule has 0 fully saturated rings. The molecule has 2 aromatic carbocycles. The number of anilines is 1. The number of nitrogens with one attached hydrogen (secondary N) is 1. The maximum Gasteiger partial charge on any atom is 0.287 e. The predicted octanol–water partition coefficient (Wildman–Crippen LogP) is 3.76. The number of amides is 1. The van der Waals surface area contributed by atoms with Gasteiger partial charge in [0.05, 0.1) is 18.6 Å². The Hall–Kier alpha value is -2.84. The second-order valence-corrected chi connectivity index (χ2v) is 6.97. The molecule has 0 aliphatic rings. The smallest absolute Gasteiger partial charge is 0.287 e. The number of rotatable bonds is 6.